The third kappa shape index (κ3) is 8.59. The molecule has 0 bridgehead atoms. The van der Waals surface area contributed by atoms with Crippen LogP contribution in [0.3, 0.4) is 0 Å². The van der Waals surface area contributed by atoms with Crippen LogP contribution >= 0.6 is 0 Å². The lowest BCUT2D eigenvalue weighted by molar-refractivity contribution is -0.142. The molecule has 0 rings (SSSR count). The first-order chi connectivity index (χ1) is 11.6. The molecule has 0 saturated heterocycles. The van der Waals surface area contributed by atoms with Crippen LogP contribution in [0.4, 0.5) is 0 Å². The summed E-state index contributed by atoms with van der Waals surface area (Å²) in [6.07, 6.45) is -0.467. The monoisotopic (exact) mass is 363 g/mol. The number of primary amides is 1. The molecule has 0 radical (unpaired) electrons. The smallest absolute Gasteiger partial charge is 0.328 e. The second kappa shape index (κ2) is 10.9. The van der Waals surface area contributed by atoms with Gasteiger partial charge in [-0.15, -0.1) is 0 Å². The summed E-state index contributed by atoms with van der Waals surface area (Å²) in [6, 6.07) is -4.31. The summed E-state index contributed by atoms with van der Waals surface area (Å²) in [7, 11) is 0. The van der Waals surface area contributed by atoms with Gasteiger partial charge in [-0.3, -0.25) is 19.2 Å². The number of rotatable bonds is 11. The number of carbonyl (C=O) groups is 5. The molecule has 0 aromatic rings. The Morgan fingerprint density at radius 2 is 1.48 bits per heavy atom. The Bertz CT molecular complexity index is 526. The van der Waals surface area contributed by atoms with Crippen molar-refractivity contribution in [2.24, 2.45) is 11.5 Å². The minimum Gasteiger partial charge on any atom is -0.480 e. The van der Waals surface area contributed by atoms with E-state index >= 15 is 0 Å². The lowest BCUT2D eigenvalue weighted by Gasteiger charge is -2.18. The van der Waals surface area contributed by atoms with E-state index in [1.54, 1.807) is 0 Å². The first-order valence-corrected chi connectivity index (χ1v) is 6.98. The van der Waals surface area contributed by atoms with Crippen LogP contribution in [0.25, 0.3) is 0 Å². The van der Waals surface area contributed by atoms with Crippen LogP contribution in [0.2, 0.25) is 0 Å². The molecule has 0 fully saturated rings. The molecule has 0 heterocycles. The number of carboxylic acids is 1. The maximum Gasteiger partial charge on any atom is 0.328 e. The van der Waals surface area contributed by atoms with E-state index in [1.807, 2.05) is 5.32 Å². The Morgan fingerprint density at radius 1 is 0.920 bits per heavy atom. The topological polar surface area (TPSA) is 234 Å². The Labute approximate surface area is 141 Å². The van der Waals surface area contributed by atoms with Crippen LogP contribution in [0.5, 0.6) is 0 Å². The van der Waals surface area contributed by atoms with Crippen molar-refractivity contribution in [2.75, 3.05) is 19.8 Å². The molecule has 0 aromatic heterocycles. The zero-order chi connectivity index (χ0) is 19.6. The third-order valence-electron chi connectivity index (χ3n) is 2.81. The van der Waals surface area contributed by atoms with Gasteiger partial charge in [0.05, 0.1) is 32.2 Å². The fourth-order valence-electron chi connectivity index (χ4n) is 1.50. The number of nitrogens with one attached hydrogen (secondary N) is 3. The molecule has 10 N–H and O–H groups in total. The highest BCUT2D eigenvalue weighted by atomic mass is 16.4. The molecule has 0 aliphatic heterocycles. The largest absolute Gasteiger partial charge is 0.480 e. The fraction of sp³-hybridized carbons (Fsp3) is 0.583. The van der Waals surface area contributed by atoms with Gasteiger partial charge < -0.3 is 42.7 Å². The number of nitrogens with two attached hydrogens (primary N) is 2. The third-order valence-corrected chi connectivity index (χ3v) is 2.81. The number of hydrogen-bond donors (Lipinski definition) is 8. The lowest BCUT2D eigenvalue weighted by Crippen LogP contribution is -2.55. The molecule has 13 heteroatoms. The molecule has 0 saturated carbocycles. The SMILES string of the molecule is NC(=O)CC(N)C(=O)NC(CO)C(=O)NCC(=O)NC(CO)C(=O)O. The number of amides is 4. The number of hydrogen-bond acceptors (Lipinski definition) is 8. The maximum absolute atomic E-state index is 11.8. The summed E-state index contributed by atoms with van der Waals surface area (Å²) < 4.78 is 0. The van der Waals surface area contributed by atoms with Crippen LogP contribution in [0.1, 0.15) is 6.42 Å². The average Bonchev–Trinajstić information content (AvgIpc) is 2.53. The van der Waals surface area contributed by atoms with E-state index in [0.29, 0.717) is 0 Å². The highest BCUT2D eigenvalue weighted by molar-refractivity contribution is 5.93. The van der Waals surface area contributed by atoms with Gasteiger partial charge in [-0.05, 0) is 0 Å². The Hall–Kier alpha value is -2.77. The van der Waals surface area contributed by atoms with E-state index < -0.39 is 73.9 Å². The normalized spacial score (nSPS) is 13.9. The Morgan fingerprint density at radius 3 is 1.92 bits per heavy atom. The van der Waals surface area contributed by atoms with Crippen molar-refractivity contribution in [3.05, 3.63) is 0 Å². The summed E-state index contributed by atoms with van der Waals surface area (Å²) >= 11 is 0. The number of carboxylic acid groups (broad SMARTS) is 1. The van der Waals surface area contributed by atoms with Gasteiger partial charge in [0, 0.05) is 0 Å². The van der Waals surface area contributed by atoms with Crippen molar-refractivity contribution < 1.29 is 39.3 Å². The highest BCUT2D eigenvalue weighted by Crippen LogP contribution is 1.91. The summed E-state index contributed by atoms with van der Waals surface area (Å²) in [5.41, 5.74) is 10.2. The van der Waals surface area contributed by atoms with Crippen LogP contribution in [0.15, 0.2) is 0 Å². The average molecular weight is 363 g/mol. The molecule has 0 aromatic carbocycles. The Kier molecular flexibility index (Phi) is 9.69. The van der Waals surface area contributed by atoms with E-state index in [-0.39, 0.29) is 0 Å². The van der Waals surface area contributed by atoms with Gasteiger partial charge in [-0.2, -0.15) is 0 Å². The molecule has 3 unspecified atom stereocenters. The van der Waals surface area contributed by atoms with Crippen molar-refractivity contribution in [3.8, 4) is 0 Å². The summed E-state index contributed by atoms with van der Waals surface area (Å²) in [5, 5.41) is 32.6. The molecule has 0 aliphatic rings. The Balaban J connectivity index is 4.50. The minimum absolute atomic E-state index is 0.467. The minimum atomic E-state index is -1.54. The number of aliphatic hydroxyl groups is 2. The molecule has 25 heavy (non-hydrogen) atoms. The van der Waals surface area contributed by atoms with Crippen LogP contribution in [-0.2, 0) is 24.0 Å². The van der Waals surface area contributed by atoms with Crippen molar-refractivity contribution in [3.63, 3.8) is 0 Å². The standard InChI is InChI=1S/C12H21N5O8/c13-5(1-8(14)20)10(22)17-6(3-18)11(23)15-2-9(21)16-7(4-19)12(24)25/h5-7,18-19H,1-4,13H2,(H2,14,20)(H,15,23)(H,16,21)(H,17,22)(H,24,25). The van der Waals surface area contributed by atoms with E-state index in [1.165, 1.54) is 0 Å². The summed E-state index contributed by atoms with van der Waals surface area (Å²) in [4.78, 5) is 56.2. The predicted octanol–water partition coefficient (Wildman–Crippen LogP) is -5.66. The zero-order valence-corrected chi connectivity index (χ0v) is 13.1. The van der Waals surface area contributed by atoms with E-state index in [2.05, 4.69) is 10.6 Å². The summed E-state index contributed by atoms with van der Waals surface area (Å²) in [5.74, 6) is -5.08. The van der Waals surface area contributed by atoms with Crippen LogP contribution in [-0.4, -0.2) is 82.8 Å². The molecule has 142 valence electrons. The number of aliphatic hydroxyl groups excluding tert-OH is 2. The molecule has 3 atom stereocenters. The van der Waals surface area contributed by atoms with Gasteiger partial charge in [-0.25, -0.2) is 4.79 Å². The van der Waals surface area contributed by atoms with E-state index in [9.17, 15) is 24.0 Å². The second-order valence-corrected chi connectivity index (χ2v) is 4.88. The van der Waals surface area contributed by atoms with Gasteiger partial charge in [0.1, 0.15) is 12.1 Å². The van der Waals surface area contributed by atoms with Gasteiger partial charge in [0.2, 0.25) is 23.6 Å². The van der Waals surface area contributed by atoms with E-state index in [4.69, 9.17) is 26.8 Å². The van der Waals surface area contributed by atoms with Crippen molar-refractivity contribution in [2.45, 2.75) is 24.5 Å². The van der Waals surface area contributed by atoms with Gasteiger partial charge in [-0.1, -0.05) is 0 Å². The first kappa shape index (κ1) is 22.2. The van der Waals surface area contributed by atoms with Crippen molar-refractivity contribution in [1.29, 1.82) is 0 Å². The van der Waals surface area contributed by atoms with Crippen LogP contribution < -0.4 is 27.4 Å². The van der Waals surface area contributed by atoms with Crippen molar-refractivity contribution >= 4 is 29.6 Å². The van der Waals surface area contributed by atoms with Crippen LogP contribution in [0, 0.1) is 0 Å². The predicted molar refractivity (Wildman–Crippen MR) is 80.5 cm³/mol. The molecule has 4 amide bonds. The zero-order valence-electron chi connectivity index (χ0n) is 13.1. The lowest BCUT2D eigenvalue weighted by atomic mass is 10.2. The molecular weight excluding hydrogens is 342 g/mol. The number of carbonyl (C=O) groups excluding carboxylic acids is 4. The molecule has 0 spiro atoms. The maximum atomic E-state index is 11.8. The molecule has 13 nitrogen and oxygen atoms in total. The quantitative estimate of drug-likeness (QED) is 0.174. The first-order valence-electron chi connectivity index (χ1n) is 6.98. The summed E-state index contributed by atoms with van der Waals surface area (Å²) in [6.45, 7) is -2.33. The van der Waals surface area contributed by atoms with E-state index in [0.717, 1.165) is 0 Å². The fourth-order valence-corrected chi connectivity index (χ4v) is 1.50. The molecular formula is C12H21N5O8. The van der Waals surface area contributed by atoms with Crippen molar-refractivity contribution in [1.82, 2.24) is 16.0 Å². The van der Waals surface area contributed by atoms with Gasteiger partial charge >= 0.3 is 5.97 Å². The van der Waals surface area contributed by atoms with Gasteiger partial charge in [0.25, 0.3) is 0 Å². The highest BCUT2D eigenvalue weighted by Gasteiger charge is 2.25. The second-order valence-electron chi connectivity index (χ2n) is 4.88. The van der Waals surface area contributed by atoms with Gasteiger partial charge in [0.15, 0.2) is 0 Å². The number of aliphatic carboxylic acids is 1. The molecule has 0 aliphatic carbocycles.